The van der Waals surface area contributed by atoms with Gasteiger partial charge in [-0.15, -0.1) is 0 Å². The summed E-state index contributed by atoms with van der Waals surface area (Å²) in [6.45, 7) is 10.2. The van der Waals surface area contributed by atoms with Gasteiger partial charge in [0.1, 0.15) is 0 Å². The second-order valence-corrected chi connectivity index (χ2v) is 7.56. The number of allylic oxidation sites excluding steroid dienone is 1. The molecule has 3 unspecified atom stereocenters. The maximum Gasteiger partial charge on any atom is 0.259 e. The van der Waals surface area contributed by atoms with Crippen molar-refractivity contribution in [3.8, 4) is 0 Å². The summed E-state index contributed by atoms with van der Waals surface area (Å²) >= 11 is 0. The Kier molecular flexibility index (Phi) is 9.82. The van der Waals surface area contributed by atoms with E-state index in [4.69, 9.17) is 0 Å². The zero-order valence-electron chi connectivity index (χ0n) is 16.7. The van der Waals surface area contributed by atoms with Gasteiger partial charge in [-0.3, -0.25) is 4.98 Å². The first-order valence-corrected chi connectivity index (χ1v) is 9.83. The topological polar surface area (TPSA) is 37.0 Å². The Bertz CT molecular complexity index is 648. The average molecular weight is 395 g/mol. The molecule has 0 spiro atoms. The fourth-order valence-corrected chi connectivity index (χ4v) is 2.70. The van der Waals surface area contributed by atoms with E-state index in [1.165, 1.54) is 0 Å². The van der Waals surface area contributed by atoms with E-state index in [1.54, 1.807) is 15.4 Å². The quantitative estimate of drug-likeness (QED) is 0.309. The zero-order chi connectivity index (χ0) is 20.4. The Morgan fingerprint density at radius 2 is 2.11 bits per heavy atom. The third kappa shape index (κ3) is 8.77. The maximum absolute atomic E-state index is 12.9. The van der Waals surface area contributed by atoms with Gasteiger partial charge in [0.05, 0.1) is 6.04 Å². The smallest absolute Gasteiger partial charge is 0.259 e. The van der Waals surface area contributed by atoms with Gasteiger partial charge >= 0.3 is 0 Å². The molecule has 0 aromatic carbocycles. The van der Waals surface area contributed by atoms with Gasteiger partial charge in [-0.2, -0.15) is 0 Å². The average Bonchev–Trinajstić information content (AvgIpc) is 2.62. The molecule has 3 atom stereocenters. The molecule has 0 saturated carbocycles. The Morgan fingerprint density at radius 3 is 2.59 bits per heavy atom. The number of aryl methyl sites for hydroxylation is 1. The van der Waals surface area contributed by atoms with E-state index < -0.39 is 5.66 Å². The van der Waals surface area contributed by atoms with Crippen LogP contribution in [0.25, 0.3) is 0 Å². The third-order valence-corrected chi connectivity index (χ3v) is 4.54. The van der Waals surface area contributed by atoms with E-state index in [0.29, 0.717) is 5.69 Å². The van der Waals surface area contributed by atoms with Crippen LogP contribution in [-0.4, -0.2) is 23.7 Å². The predicted molar refractivity (Wildman–Crippen MR) is 114 cm³/mol. The Morgan fingerprint density at radius 1 is 1.41 bits per heavy atom. The lowest BCUT2D eigenvalue weighted by Gasteiger charge is -2.19. The highest BCUT2D eigenvalue weighted by atomic mass is 31.0. The molecular formula is C21H32F2N3P. The van der Waals surface area contributed by atoms with Gasteiger partial charge in [0.25, 0.3) is 5.66 Å². The van der Waals surface area contributed by atoms with Gasteiger partial charge in [0.15, 0.2) is 0 Å². The number of likely N-dealkylation sites (N-methyl/N-ethyl adjacent to an activating group) is 1. The summed E-state index contributed by atoms with van der Waals surface area (Å²) in [7, 11) is 3.49. The molecule has 0 fully saturated rings. The molecule has 0 aliphatic rings. The molecule has 1 heterocycles. The van der Waals surface area contributed by atoms with Gasteiger partial charge in [-0.25, -0.2) is 8.78 Å². The number of pyridine rings is 1. The molecule has 0 saturated heterocycles. The van der Waals surface area contributed by atoms with E-state index in [2.05, 4.69) is 41.3 Å². The Labute approximate surface area is 164 Å². The summed E-state index contributed by atoms with van der Waals surface area (Å²) in [6, 6.07) is 3.88. The van der Waals surface area contributed by atoms with Crippen LogP contribution < -0.4 is 10.6 Å². The first-order chi connectivity index (χ1) is 12.7. The van der Waals surface area contributed by atoms with Crippen LogP contribution in [0.4, 0.5) is 8.78 Å². The second kappa shape index (κ2) is 11.3. The van der Waals surface area contributed by atoms with Crippen molar-refractivity contribution in [2.45, 2.75) is 57.8 Å². The first kappa shape index (κ1) is 23.5. The molecule has 0 amide bonds. The molecule has 0 aliphatic heterocycles. The van der Waals surface area contributed by atoms with Gasteiger partial charge in [-0.1, -0.05) is 46.5 Å². The molecule has 6 heteroatoms. The number of nitrogens with one attached hydrogen (secondary N) is 2. The van der Waals surface area contributed by atoms with Crippen LogP contribution in [-0.2, 0) is 6.42 Å². The van der Waals surface area contributed by atoms with Crippen molar-refractivity contribution in [3.63, 3.8) is 0 Å². The van der Waals surface area contributed by atoms with Gasteiger partial charge in [0.2, 0.25) is 0 Å². The van der Waals surface area contributed by atoms with E-state index in [9.17, 15) is 8.78 Å². The SMILES string of the molecule is C=C(C)/C(=C/NC(C)c1ccc(CCC(F)(F)P)nc1)C(/C=C\CC)NC. The van der Waals surface area contributed by atoms with Crippen LogP contribution >= 0.6 is 9.24 Å². The molecule has 0 radical (unpaired) electrons. The van der Waals surface area contributed by atoms with Gasteiger partial charge < -0.3 is 10.6 Å². The minimum Gasteiger partial charge on any atom is -0.384 e. The van der Waals surface area contributed by atoms with Crippen molar-refractivity contribution < 1.29 is 8.78 Å². The second-order valence-electron chi connectivity index (χ2n) is 6.72. The summed E-state index contributed by atoms with van der Waals surface area (Å²) in [5.41, 5.74) is 1.00. The van der Waals surface area contributed by atoms with Crippen molar-refractivity contribution in [2.24, 2.45) is 0 Å². The lowest BCUT2D eigenvalue weighted by molar-refractivity contribution is 0.0944. The van der Waals surface area contributed by atoms with E-state index in [-0.39, 0.29) is 24.9 Å². The highest BCUT2D eigenvalue weighted by Gasteiger charge is 2.20. The molecular weight excluding hydrogens is 363 g/mol. The predicted octanol–water partition coefficient (Wildman–Crippen LogP) is 5.15. The first-order valence-electron chi connectivity index (χ1n) is 9.25. The number of nitrogens with zero attached hydrogens (tertiary/aromatic N) is 1. The van der Waals surface area contributed by atoms with Crippen LogP contribution in [0.2, 0.25) is 0 Å². The number of alkyl halides is 2. The largest absolute Gasteiger partial charge is 0.384 e. The molecule has 1 rings (SSSR count). The number of halogens is 2. The van der Waals surface area contributed by atoms with Crippen molar-refractivity contribution in [1.29, 1.82) is 0 Å². The fourth-order valence-electron chi connectivity index (χ4n) is 2.55. The summed E-state index contributed by atoms with van der Waals surface area (Å²) in [6.07, 6.45) is 9.00. The molecule has 0 bridgehead atoms. The van der Waals surface area contributed by atoms with Crippen LogP contribution in [0.15, 0.2) is 54.4 Å². The van der Waals surface area contributed by atoms with E-state index in [0.717, 1.165) is 23.1 Å². The number of rotatable bonds is 11. The molecule has 0 aliphatic carbocycles. The van der Waals surface area contributed by atoms with E-state index >= 15 is 0 Å². The van der Waals surface area contributed by atoms with Crippen LogP contribution in [0.1, 0.15) is 50.9 Å². The zero-order valence-corrected chi connectivity index (χ0v) is 17.9. The van der Waals surface area contributed by atoms with E-state index in [1.807, 2.05) is 39.2 Å². The molecule has 3 nitrogen and oxygen atoms in total. The molecule has 2 N–H and O–H groups in total. The molecule has 1 aromatic heterocycles. The van der Waals surface area contributed by atoms with Crippen LogP contribution in [0.3, 0.4) is 0 Å². The summed E-state index contributed by atoms with van der Waals surface area (Å²) in [4.78, 5) is 4.31. The Hall–Kier alpha value is -1.58. The molecule has 1 aromatic rings. The lowest BCUT2D eigenvalue weighted by atomic mass is 10.0. The lowest BCUT2D eigenvalue weighted by Crippen LogP contribution is -2.27. The summed E-state index contributed by atoms with van der Waals surface area (Å²) in [5.74, 6) is 0. The van der Waals surface area contributed by atoms with Crippen molar-refractivity contribution in [3.05, 3.63) is 65.7 Å². The van der Waals surface area contributed by atoms with Crippen molar-refractivity contribution in [1.82, 2.24) is 15.6 Å². The van der Waals surface area contributed by atoms with Crippen LogP contribution in [0, 0.1) is 0 Å². The number of hydrogen-bond acceptors (Lipinski definition) is 3. The number of aromatic nitrogens is 1. The summed E-state index contributed by atoms with van der Waals surface area (Å²) in [5, 5.41) is 6.67. The van der Waals surface area contributed by atoms with Crippen molar-refractivity contribution in [2.75, 3.05) is 7.05 Å². The minimum absolute atomic E-state index is 0.0386. The monoisotopic (exact) mass is 395 g/mol. The highest BCUT2D eigenvalue weighted by molar-refractivity contribution is 7.18. The minimum atomic E-state index is -2.74. The fraction of sp³-hybridized carbons (Fsp3) is 0.476. The van der Waals surface area contributed by atoms with Gasteiger partial charge in [-0.05, 0) is 50.9 Å². The highest BCUT2D eigenvalue weighted by Crippen LogP contribution is 2.27. The third-order valence-electron chi connectivity index (χ3n) is 4.25. The maximum atomic E-state index is 12.9. The molecule has 27 heavy (non-hydrogen) atoms. The normalized spacial score (nSPS) is 15.0. The Balaban J connectivity index is 2.80. The van der Waals surface area contributed by atoms with Crippen molar-refractivity contribution >= 4 is 9.24 Å². The standard InChI is InChI=1S/C21H32F2N3P/c1-6-7-8-20(24-5)19(15(2)3)14-25-16(4)17-9-10-18(26-13-17)11-12-21(22,23)27/h7-10,13-14,16,20,24-25H,2,6,11-12,27H2,1,3-5H3/b8-7-,19-14-. The number of hydrogen-bond donors (Lipinski definition) is 2. The molecule has 150 valence electrons. The van der Waals surface area contributed by atoms with Gasteiger partial charge in [0, 0.05) is 30.6 Å². The van der Waals surface area contributed by atoms with Crippen LogP contribution in [0.5, 0.6) is 0 Å². The summed E-state index contributed by atoms with van der Waals surface area (Å²) < 4.78 is 25.9.